The maximum Gasteiger partial charge on any atom is 0.488 e. The Bertz CT molecular complexity index is 159. The quantitative estimate of drug-likeness (QED) is 0.621. The summed E-state index contributed by atoms with van der Waals surface area (Å²) in [5, 5.41) is 8.22. The highest BCUT2D eigenvalue weighted by Gasteiger charge is 2.39. The Morgan fingerprint density at radius 1 is 1.50 bits per heavy atom. The van der Waals surface area contributed by atoms with Crippen LogP contribution < -0.4 is 5.73 Å². The van der Waals surface area contributed by atoms with E-state index in [1.54, 1.807) is 0 Å². The lowest BCUT2D eigenvalue weighted by Crippen LogP contribution is -2.46. The van der Waals surface area contributed by atoms with Crippen molar-refractivity contribution in [1.29, 1.82) is 0 Å². The van der Waals surface area contributed by atoms with Gasteiger partial charge in [-0.25, -0.2) is 9.69 Å². The number of amides is 2. The molecule has 0 aliphatic carbocycles. The molecule has 0 spiro atoms. The number of nitrogens with zero attached hydrogens (tertiary/aromatic N) is 1. The fourth-order valence-corrected chi connectivity index (χ4v) is 0.591. The number of primary amides is 1. The number of carbonyl (C=O) groups excluding carboxylic acids is 1. The molecule has 0 saturated heterocycles. The van der Waals surface area contributed by atoms with Gasteiger partial charge < -0.3 is 10.8 Å². The van der Waals surface area contributed by atoms with Gasteiger partial charge in [0, 0.05) is 13.2 Å². The highest BCUT2D eigenvalue weighted by atomic mass is 19.4. The van der Waals surface area contributed by atoms with Gasteiger partial charge in [-0.1, -0.05) is 0 Å². The molecular weight excluding hydrogens is 177 g/mol. The Hall–Kier alpha value is -0.980. The summed E-state index contributed by atoms with van der Waals surface area (Å²) in [6.45, 7) is -1.03. The molecule has 0 aromatic rings. The molecule has 0 aliphatic rings. The number of aliphatic hydroxyl groups is 1. The Kier molecular flexibility index (Phi) is 3.81. The summed E-state index contributed by atoms with van der Waals surface area (Å²) in [4.78, 5) is 9.74. The van der Waals surface area contributed by atoms with E-state index in [0.29, 0.717) is 0 Å². The van der Waals surface area contributed by atoms with Crippen molar-refractivity contribution in [3.63, 3.8) is 0 Å². The van der Waals surface area contributed by atoms with Crippen LogP contribution in [-0.2, 0) is 0 Å². The molecule has 0 heterocycles. The normalized spacial score (nSPS) is 11.3. The predicted molar refractivity (Wildman–Crippen MR) is 34.0 cm³/mol. The first-order chi connectivity index (χ1) is 5.39. The van der Waals surface area contributed by atoms with Gasteiger partial charge in [-0.05, 0) is 6.42 Å². The smallest absolute Gasteiger partial charge is 0.396 e. The number of hydrogen-bond acceptors (Lipinski definition) is 2. The highest BCUT2D eigenvalue weighted by Crippen LogP contribution is 2.20. The minimum Gasteiger partial charge on any atom is -0.396 e. The minimum atomic E-state index is -4.76. The third-order valence-corrected chi connectivity index (χ3v) is 1.11. The molecule has 0 fully saturated rings. The molecule has 3 N–H and O–H groups in total. The third kappa shape index (κ3) is 3.42. The number of urea groups is 1. The topological polar surface area (TPSA) is 66.6 Å². The van der Waals surface area contributed by atoms with Crippen molar-refractivity contribution in [1.82, 2.24) is 4.90 Å². The zero-order valence-electron chi connectivity index (χ0n) is 6.14. The van der Waals surface area contributed by atoms with Gasteiger partial charge in [-0.2, -0.15) is 0 Å². The van der Waals surface area contributed by atoms with Crippen LogP contribution in [-0.4, -0.2) is 35.5 Å². The first-order valence-electron chi connectivity index (χ1n) is 3.14. The van der Waals surface area contributed by atoms with Crippen molar-refractivity contribution in [2.24, 2.45) is 5.73 Å². The fraction of sp³-hybridized carbons (Fsp3) is 0.800. The van der Waals surface area contributed by atoms with Crippen LogP contribution in [0.5, 0.6) is 0 Å². The van der Waals surface area contributed by atoms with Gasteiger partial charge in [0.05, 0.1) is 0 Å². The van der Waals surface area contributed by atoms with Crippen LogP contribution in [0.15, 0.2) is 0 Å². The average molecular weight is 186 g/mol. The van der Waals surface area contributed by atoms with E-state index in [0.717, 1.165) is 0 Å². The summed E-state index contributed by atoms with van der Waals surface area (Å²) < 4.78 is 35.5. The monoisotopic (exact) mass is 186 g/mol. The Balaban J connectivity index is 4.15. The van der Waals surface area contributed by atoms with E-state index in [2.05, 4.69) is 5.73 Å². The number of nitrogens with two attached hydrogens (primary N) is 1. The second-order valence-corrected chi connectivity index (χ2v) is 2.03. The molecule has 72 valence electrons. The van der Waals surface area contributed by atoms with Crippen LogP contribution in [0.4, 0.5) is 18.0 Å². The molecule has 0 bridgehead atoms. The number of carbonyl (C=O) groups is 1. The van der Waals surface area contributed by atoms with E-state index in [4.69, 9.17) is 5.11 Å². The van der Waals surface area contributed by atoms with E-state index in [9.17, 15) is 18.0 Å². The first-order valence-corrected chi connectivity index (χ1v) is 3.14. The lowest BCUT2D eigenvalue weighted by Gasteiger charge is -2.22. The summed E-state index contributed by atoms with van der Waals surface area (Å²) in [5.74, 6) is 0. The molecule has 0 atom stereocenters. The van der Waals surface area contributed by atoms with Crippen LogP contribution in [0.2, 0.25) is 0 Å². The van der Waals surface area contributed by atoms with Crippen molar-refractivity contribution >= 4 is 6.03 Å². The summed E-state index contributed by atoms with van der Waals surface area (Å²) in [6.07, 6.45) is -4.91. The molecule has 12 heavy (non-hydrogen) atoms. The van der Waals surface area contributed by atoms with E-state index in [1.807, 2.05) is 0 Å². The number of aliphatic hydroxyl groups excluding tert-OH is 1. The van der Waals surface area contributed by atoms with E-state index >= 15 is 0 Å². The molecule has 0 unspecified atom stereocenters. The van der Waals surface area contributed by atoms with Gasteiger partial charge in [0.1, 0.15) is 0 Å². The third-order valence-electron chi connectivity index (χ3n) is 1.11. The zero-order chi connectivity index (χ0) is 9.78. The summed E-state index contributed by atoms with van der Waals surface area (Å²) >= 11 is 0. The average Bonchev–Trinajstić information content (AvgIpc) is 1.84. The Morgan fingerprint density at radius 3 is 2.25 bits per heavy atom. The molecule has 0 rings (SSSR count). The number of halogens is 3. The minimum absolute atomic E-state index is 0.150. The Labute approximate surface area is 66.8 Å². The molecule has 4 nitrogen and oxygen atoms in total. The van der Waals surface area contributed by atoms with Crippen LogP contribution in [0.25, 0.3) is 0 Å². The maximum atomic E-state index is 11.8. The number of alkyl halides is 3. The standard InChI is InChI=1S/C5H9F3N2O2/c6-5(7,8)10(4(9)12)2-1-3-11/h11H,1-3H2,(H2,9,12). The molecule has 2 amide bonds. The van der Waals surface area contributed by atoms with Crippen molar-refractivity contribution in [3.05, 3.63) is 0 Å². The first kappa shape index (κ1) is 11.0. The highest BCUT2D eigenvalue weighted by molar-refractivity contribution is 5.72. The van der Waals surface area contributed by atoms with E-state index in [-0.39, 0.29) is 6.42 Å². The SMILES string of the molecule is NC(=O)N(CCCO)C(F)(F)F. The molecule has 0 saturated carbocycles. The van der Waals surface area contributed by atoms with E-state index < -0.39 is 30.4 Å². The second-order valence-electron chi connectivity index (χ2n) is 2.03. The number of hydrogen-bond donors (Lipinski definition) is 2. The molecule has 0 radical (unpaired) electrons. The lowest BCUT2D eigenvalue weighted by molar-refractivity contribution is -0.223. The summed E-state index contributed by atoms with van der Waals surface area (Å²) in [7, 11) is 0. The zero-order valence-corrected chi connectivity index (χ0v) is 6.14. The van der Waals surface area contributed by atoms with Gasteiger partial charge in [-0.3, -0.25) is 0 Å². The van der Waals surface area contributed by atoms with Crippen LogP contribution in [0.3, 0.4) is 0 Å². The fourth-order valence-electron chi connectivity index (χ4n) is 0.591. The summed E-state index contributed by atoms with van der Waals surface area (Å²) in [5.41, 5.74) is 4.45. The van der Waals surface area contributed by atoms with Gasteiger partial charge in [0.25, 0.3) is 0 Å². The maximum absolute atomic E-state index is 11.8. The van der Waals surface area contributed by atoms with Crippen molar-refractivity contribution in [3.8, 4) is 0 Å². The molecule has 0 aromatic carbocycles. The van der Waals surface area contributed by atoms with Gasteiger partial charge in [-0.15, -0.1) is 13.2 Å². The van der Waals surface area contributed by atoms with Crippen LogP contribution in [0.1, 0.15) is 6.42 Å². The van der Waals surface area contributed by atoms with Crippen molar-refractivity contribution in [2.45, 2.75) is 12.7 Å². The Morgan fingerprint density at radius 2 is 2.00 bits per heavy atom. The second kappa shape index (κ2) is 4.15. The largest absolute Gasteiger partial charge is 0.488 e. The van der Waals surface area contributed by atoms with Crippen molar-refractivity contribution < 1.29 is 23.1 Å². The van der Waals surface area contributed by atoms with Gasteiger partial charge in [0.2, 0.25) is 0 Å². The van der Waals surface area contributed by atoms with Crippen molar-refractivity contribution in [2.75, 3.05) is 13.2 Å². The predicted octanol–water partition coefficient (Wildman–Crippen LogP) is 0.269. The number of rotatable bonds is 3. The van der Waals surface area contributed by atoms with E-state index in [1.165, 1.54) is 0 Å². The molecule has 0 aromatic heterocycles. The van der Waals surface area contributed by atoms with Gasteiger partial charge in [0.15, 0.2) is 0 Å². The lowest BCUT2D eigenvalue weighted by atomic mass is 10.4. The molecule has 0 aliphatic heterocycles. The molecule has 7 heteroatoms. The van der Waals surface area contributed by atoms with Gasteiger partial charge >= 0.3 is 12.3 Å². The molecular formula is C5H9F3N2O2. The summed E-state index contributed by atoms with van der Waals surface area (Å²) in [6, 6.07) is -1.56. The van der Waals surface area contributed by atoms with Crippen LogP contribution >= 0.6 is 0 Å². The van der Waals surface area contributed by atoms with Crippen LogP contribution in [0, 0.1) is 0 Å².